The van der Waals surface area contributed by atoms with Gasteiger partial charge in [-0.25, -0.2) is 4.79 Å². The van der Waals surface area contributed by atoms with E-state index in [0.717, 1.165) is 17.7 Å². The molecular formula is C12H15N3O3. The number of benzene rings is 1. The van der Waals surface area contributed by atoms with Crippen LogP contribution in [0.2, 0.25) is 0 Å². The van der Waals surface area contributed by atoms with Gasteiger partial charge in [0.25, 0.3) is 0 Å². The summed E-state index contributed by atoms with van der Waals surface area (Å²) < 4.78 is 5.37. The molecule has 0 bridgehead atoms. The Morgan fingerprint density at radius 3 is 3.00 bits per heavy atom. The van der Waals surface area contributed by atoms with Crippen molar-refractivity contribution in [3.05, 3.63) is 23.8 Å². The number of likely N-dealkylation sites (N-methyl/N-ethyl adjacent to an activating group) is 1. The molecule has 3 N–H and O–H groups in total. The highest BCUT2D eigenvalue weighted by molar-refractivity contribution is 5.92. The van der Waals surface area contributed by atoms with Crippen molar-refractivity contribution in [2.75, 3.05) is 25.5 Å². The zero-order valence-corrected chi connectivity index (χ0v) is 10.1. The van der Waals surface area contributed by atoms with Crippen molar-refractivity contribution in [1.29, 1.82) is 0 Å². The van der Waals surface area contributed by atoms with Crippen LogP contribution in [0.15, 0.2) is 18.2 Å². The van der Waals surface area contributed by atoms with Crippen LogP contribution >= 0.6 is 0 Å². The third-order valence-electron chi connectivity index (χ3n) is 2.64. The normalized spacial score (nSPS) is 12.3. The summed E-state index contributed by atoms with van der Waals surface area (Å²) in [7, 11) is 1.52. The molecule has 1 aliphatic heterocycles. The summed E-state index contributed by atoms with van der Waals surface area (Å²) in [5.74, 6) is 0.624. The Morgan fingerprint density at radius 1 is 1.39 bits per heavy atom. The molecule has 0 saturated carbocycles. The average molecular weight is 249 g/mol. The summed E-state index contributed by atoms with van der Waals surface area (Å²) in [5, 5.41) is 7.54. The predicted octanol–water partition coefficient (Wildman–Crippen LogP) is 0.489. The number of fused-ring (bicyclic) bond motifs is 1. The van der Waals surface area contributed by atoms with Crippen LogP contribution in [0.25, 0.3) is 0 Å². The van der Waals surface area contributed by atoms with Gasteiger partial charge in [-0.05, 0) is 23.8 Å². The highest BCUT2D eigenvalue weighted by Gasteiger charge is 2.12. The molecule has 0 saturated heterocycles. The van der Waals surface area contributed by atoms with Gasteiger partial charge in [-0.15, -0.1) is 0 Å². The maximum absolute atomic E-state index is 11.5. The second-order valence-electron chi connectivity index (χ2n) is 3.90. The minimum absolute atomic E-state index is 0.0453. The highest BCUT2D eigenvalue weighted by Crippen LogP contribution is 2.27. The van der Waals surface area contributed by atoms with Gasteiger partial charge in [-0.1, -0.05) is 0 Å². The predicted molar refractivity (Wildman–Crippen MR) is 66.7 cm³/mol. The first-order valence-corrected chi connectivity index (χ1v) is 5.70. The monoisotopic (exact) mass is 249 g/mol. The van der Waals surface area contributed by atoms with Gasteiger partial charge in [-0.3, -0.25) is 4.79 Å². The summed E-state index contributed by atoms with van der Waals surface area (Å²) in [6.45, 7) is 0.637. The van der Waals surface area contributed by atoms with E-state index in [2.05, 4.69) is 16.0 Å². The third kappa shape index (κ3) is 2.91. The lowest BCUT2D eigenvalue weighted by Crippen LogP contribution is -2.37. The van der Waals surface area contributed by atoms with Crippen LogP contribution in [0, 0.1) is 0 Å². The van der Waals surface area contributed by atoms with Crippen LogP contribution in [0.3, 0.4) is 0 Å². The molecule has 0 aromatic heterocycles. The number of rotatable bonds is 3. The van der Waals surface area contributed by atoms with Crippen molar-refractivity contribution in [3.8, 4) is 5.75 Å². The number of carbonyl (C=O) groups is 2. The Balaban J connectivity index is 1.89. The van der Waals surface area contributed by atoms with E-state index in [1.54, 1.807) is 6.07 Å². The molecule has 1 aliphatic rings. The number of carbonyl (C=O) groups excluding carboxylic acids is 2. The zero-order chi connectivity index (χ0) is 13.0. The lowest BCUT2D eigenvalue weighted by Gasteiger charge is -2.08. The van der Waals surface area contributed by atoms with Crippen molar-refractivity contribution < 1.29 is 14.3 Å². The summed E-state index contributed by atoms with van der Waals surface area (Å²) in [4.78, 5) is 22.5. The van der Waals surface area contributed by atoms with Gasteiger partial charge in [0.1, 0.15) is 5.75 Å². The first kappa shape index (κ1) is 12.2. The maximum Gasteiger partial charge on any atom is 0.319 e. The van der Waals surface area contributed by atoms with Crippen LogP contribution in [0.5, 0.6) is 5.75 Å². The molecule has 3 amide bonds. The van der Waals surface area contributed by atoms with Crippen molar-refractivity contribution in [2.24, 2.45) is 0 Å². The topological polar surface area (TPSA) is 79.5 Å². The molecule has 1 aromatic carbocycles. The fourth-order valence-electron chi connectivity index (χ4n) is 1.69. The Kier molecular flexibility index (Phi) is 3.66. The number of amides is 3. The van der Waals surface area contributed by atoms with E-state index >= 15 is 0 Å². The molecule has 6 nitrogen and oxygen atoms in total. The average Bonchev–Trinajstić information content (AvgIpc) is 2.83. The van der Waals surface area contributed by atoms with Gasteiger partial charge >= 0.3 is 6.03 Å². The number of hydrogen-bond acceptors (Lipinski definition) is 3. The van der Waals surface area contributed by atoms with Crippen molar-refractivity contribution >= 4 is 17.6 Å². The first-order valence-electron chi connectivity index (χ1n) is 5.70. The van der Waals surface area contributed by atoms with Gasteiger partial charge in [0.2, 0.25) is 5.91 Å². The molecule has 0 atom stereocenters. The van der Waals surface area contributed by atoms with E-state index in [1.165, 1.54) is 7.05 Å². The molecule has 1 aromatic rings. The quantitative estimate of drug-likeness (QED) is 0.729. The third-order valence-corrected chi connectivity index (χ3v) is 2.64. The molecule has 0 spiro atoms. The summed E-state index contributed by atoms with van der Waals surface area (Å²) in [6.07, 6.45) is 0.852. The SMILES string of the molecule is CNC(=O)CNC(=O)Nc1ccc2c(c1)CCO2. The van der Waals surface area contributed by atoms with Crippen LogP contribution in [-0.4, -0.2) is 32.1 Å². The number of nitrogens with one attached hydrogen (secondary N) is 3. The van der Waals surface area contributed by atoms with E-state index in [4.69, 9.17) is 4.74 Å². The molecule has 0 radical (unpaired) electrons. The van der Waals surface area contributed by atoms with E-state index < -0.39 is 6.03 Å². The van der Waals surface area contributed by atoms with Crippen molar-refractivity contribution in [2.45, 2.75) is 6.42 Å². The Labute approximate surface area is 105 Å². The number of hydrogen-bond donors (Lipinski definition) is 3. The molecule has 2 rings (SSSR count). The number of anilines is 1. The van der Waals surface area contributed by atoms with Gasteiger partial charge < -0.3 is 20.7 Å². The molecule has 0 aliphatic carbocycles. The molecule has 0 unspecified atom stereocenters. The molecule has 18 heavy (non-hydrogen) atoms. The second kappa shape index (κ2) is 5.39. The number of ether oxygens (including phenoxy) is 1. The lowest BCUT2D eigenvalue weighted by atomic mass is 10.1. The van der Waals surface area contributed by atoms with Gasteiger partial charge in [0.05, 0.1) is 13.2 Å². The van der Waals surface area contributed by atoms with E-state index in [0.29, 0.717) is 12.3 Å². The summed E-state index contributed by atoms with van der Waals surface area (Å²) >= 11 is 0. The van der Waals surface area contributed by atoms with Gasteiger partial charge in [0, 0.05) is 19.2 Å². The lowest BCUT2D eigenvalue weighted by molar-refractivity contribution is -0.119. The van der Waals surface area contributed by atoms with Crippen LogP contribution in [-0.2, 0) is 11.2 Å². The largest absolute Gasteiger partial charge is 0.493 e. The van der Waals surface area contributed by atoms with Crippen LogP contribution < -0.4 is 20.7 Å². The molecule has 1 heterocycles. The molecule has 6 heteroatoms. The summed E-state index contributed by atoms with van der Waals surface area (Å²) in [6, 6.07) is 5.07. The minimum atomic E-state index is -0.405. The van der Waals surface area contributed by atoms with Crippen LogP contribution in [0.1, 0.15) is 5.56 Å². The van der Waals surface area contributed by atoms with E-state index in [-0.39, 0.29) is 12.5 Å². The first-order chi connectivity index (χ1) is 8.69. The molecular weight excluding hydrogens is 234 g/mol. The summed E-state index contributed by atoms with van der Waals surface area (Å²) in [5.41, 5.74) is 1.77. The van der Waals surface area contributed by atoms with Gasteiger partial charge in [-0.2, -0.15) is 0 Å². The number of urea groups is 1. The highest BCUT2D eigenvalue weighted by atomic mass is 16.5. The minimum Gasteiger partial charge on any atom is -0.493 e. The fourth-order valence-corrected chi connectivity index (χ4v) is 1.69. The van der Waals surface area contributed by atoms with E-state index in [1.807, 2.05) is 12.1 Å². The standard InChI is InChI=1S/C12H15N3O3/c1-13-11(16)7-14-12(17)15-9-2-3-10-8(6-9)4-5-18-10/h2-3,6H,4-5,7H2,1H3,(H,13,16)(H2,14,15,17). The smallest absolute Gasteiger partial charge is 0.319 e. The zero-order valence-electron chi connectivity index (χ0n) is 10.1. The maximum atomic E-state index is 11.5. The van der Waals surface area contributed by atoms with E-state index in [9.17, 15) is 9.59 Å². The van der Waals surface area contributed by atoms with Crippen LogP contribution in [0.4, 0.5) is 10.5 Å². The van der Waals surface area contributed by atoms with Gasteiger partial charge in [0.15, 0.2) is 0 Å². The van der Waals surface area contributed by atoms with Crippen molar-refractivity contribution in [3.63, 3.8) is 0 Å². The Bertz CT molecular complexity index is 474. The fraction of sp³-hybridized carbons (Fsp3) is 0.333. The Hall–Kier alpha value is -2.24. The second-order valence-corrected chi connectivity index (χ2v) is 3.90. The van der Waals surface area contributed by atoms with Crippen molar-refractivity contribution in [1.82, 2.24) is 10.6 Å². The Morgan fingerprint density at radius 2 is 2.22 bits per heavy atom. The molecule has 0 fully saturated rings. The molecule has 96 valence electrons.